The largest absolute Gasteiger partial charge is 0.393 e. The summed E-state index contributed by atoms with van der Waals surface area (Å²) >= 11 is 7.53. The Kier molecular flexibility index (Phi) is 5.15. The van der Waals surface area contributed by atoms with Gasteiger partial charge in [0.1, 0.15) is 12.0 Å². The van der Waals surface area contributed by atoms with Crippen molar-refractivity contribution in [3.63, 3.8) is 0 Å². The number of nitrogen functional groups attached to an aromatic ring is 1. The average Bonchev–Trinajstić information content (AvgIpc) is 3.10. The Morgan fingerprint density at radius 1 is 1.14 bits per heavy atom. The molecule has 0 fully saturated rings. The molecule has 0 radical (unpaired) electrons. The number of halogens is 1. The normalized spacial score (nSPS) is 10.7. The number of amides is 1. The van der Waals surface area contributed by atoms with Gasteiger partial charge in [-0.2, -0.15) is 0 Å². The lowest BCUT2D eigenvalue weighted by Crippen LogP contribution is -2.30. The highest BCUT2D eigenvalue weighted by Gasteiger charge is 2.13. The first-order valence-corrected chi connectivity index (χ1v) is 9.76. The van der Waals surface area contributed by atoms with E-state index in [2.05, 4.69) is 37.2 Å². The van der Waals surface area contributed by atoms with Gasteiger partial charge in [0.25, 0.3) is 5.91 Å². The molecule has 0 saturated heterocycles. The maximum atomic E-state index is 12.3. The second-order valence-corrected chi connectivity index (χ2v) is 7.60. The van der Waals surface area contributed by atoms with Crippen LogP contribution in [0.3, 0.4) is 0 Å². The molecule has 2 aromatic heterocycles. The molecule has 0 atom stereocenters. The predicted octanol–water partition coefficient (Wildman–Crippen LogP) is 4.13. The highest BCUT2D eigenvalue weighted by Crippen LogP contribution is 2.31. The van der Waals surface area contributed by atoms with E-state index in [0.29, 0.717) is 21.5 Å². The van der Waals surface area contributed by atoms with Crippen LogP contribution in [0.5, 0.6) is 0 Å². The maximum absolute atomic E-state index is 12.3. The number of fused-ring (bicyclic) bond motifs is 1. The van der Waals surface area contributed by atoms with Crippen LogP contribution in [0.1, 0.15) is 15.9 Å². The van der Waals surface area contributed by atoms with Crippen molar-refractivity contribution in [2.45, 2.75) is 6.92 Å². The molecular formula is C19H16ClN7OS. The number of anilines is 4. The molecule has 0 aliphatic carbocycles. The minimum Gasteiger partial charge on any atom is -0.393 e. The molecule has 1 amide bonds. The van der Waals surface area contributed by atoms with Gasteiger partial charge in [-0.05, 0) is 36.8 Å². The lowest BCUT2D eigenvalue weighted by Gasteiger charge is -2.12. The molecule has 0 spiro atoms. The van der Waals surface area contributed by atoms with E-state index in [1.165, 1.54) is 17.7 Å². The third kappa shape index (κ3) is 4.05. The predicted molar refractivity (Wildman–Crippen MR) is 117 cm³/mol. The molecule has 29 heavy (non-hydrogen) atoms. The summed E-state index contributed by atoms with van der Waals surface area (Å²) in [4.78, 5) is 25.1. The number of thiazole rings is 1. The van der Waals surface area contributed by atoms with E-state index < -0.39 is 5.91 Å². The Hall–Kier alpha value is -3.43. The minimum absolute atomic E-state index is 0.238. The molecule has 5 N–H and O–H groups in total. The van der Waals surface area contributed by atoms with Crippen molar-refractivity contribution in [2.75, 3.05) is 16.5 Å². The molecular weight excluding hydrogens is 410 g/mol. The van der Waals surface area contributed by atoms with E-state index in [4.69, 9.17) is 17.3 Å². The molecule has 2 aromatic carbocycles. The van der Waals surface area contributed by atoms with E-state index in [1.807, 2.05) is 19.1 Å². The molecule has 2 heterocycles. The Bertz CT molecular complexity index is 1210. The highest BCUT2D eigenvalue weighted by atomic mass is 35.5. The number of carbonyl (C=O) groups excluding carboxylic acids is 1. The molecule has 0 unspecified atom stereocenters. The summed E-state index contributed by atoms with van der Waals surface area (Å²) in [6.07, 6.45) is 1.33. The lowest BCUT2D eigenvalue weighted by atomic mass is 10.2. The fraction of sp³-hybridized carbons (Fsp3) is 0.0526. The number of aryl methyl sites for hydroxylation is 1. The van der Waals surface area contributed by atoms with Crippen LogP contribution < -0.4 is 21.9 Å². The SMILES string of the molecule is Cc1ccc2nc(Nc3ncnc(NNC(=O)c4ccccc4Cl)c3N)sc2c1. The fourth-order valence-electron chi connectivity index (χ4n) is 2.61. The van der Waals surface area contributed by atoms with Gasteiger partial charge in [0.2, 0.25) is 0 Å². The van der Waals surface area contributed by atoms with Crippen molar-refractivity contribution in [3.8, 4) is 0 Å². The van der Waals surface area contributed by atoms with Crippen molar-refractivity contribution >= 4 is 61.5 Å². The van der Waals surface area contributed by atoms with Gasteiger partial charge in [0.15, 0.2) is 16.8 Å². The molecule has 0 aliphatic rings. The van der Waals surface area contributed by atoms with Gasteiger partial charge in [-0.15, -0.1) is 0 Å². The van der Waals surface area contributed by atoms with Crippen LogP contribution in [0, 0.1) is 6.92 Å². The first kappa shape index (κ1) is 18.9. The summed E-state index contributed by atoms with van der Waals surface area (Å²) in [7, 11) is 0. The van der Waals surface area contributed by atoms with Crippen LogP contribution in [-0.4, -0.2) is 20.9 Å². The topological polar surface area (TPSA) is 118 Å². The molecule has 4 rings (SSSR count). The van der Waals surface area contributed by atoms with Crippen LogP contribution in [0.15, 0.2) is 48.8 Å². The van der Waals surface area contributed by atoms with Crippen LogP contribution in [-0.2, 0) is 0 Å². The number of benzene rings is 2. The van der Waals surface area contributed by atoms with Gasteiger partial charge in [-0.1, -0.05) is 41.1 Å². The zero-order valence-corrected chi connectivity index (χ0v) is 16.8. The number of carbonyl (C=O) groups is 1. The second-order valence-electron chi connectivity index (χ2n) is 6.16. The summed E-state index contributed by atoms with van der Waals surface area (Å²) in [5.74, 6) is 0.217. The van der Waals surface area contributed by atoms with E-state index in [9.17, 15) is 4.79 Å². The second kappa shape index (κ2) is 7.90. The molecule has 0 bridgehead atoms. The third-order valence-corrected chi connectivity index (χ3v) is 5.33. The summed E-state index contributed by atoms with van der Waals surface area (Å²) in [6, 6.07) is 12.8. The first-order chi connectivity index (χ1) is 14.0. The van der Waals surface area contributed by atoms with Crippen molar-refractivity contribution < 1.29 is 4.79 Å². The quantitative estimate of drug-likeness (QED) is 0.355. The van der Waals surface area contributed by atoms with E-state index >= 15 is 0 Å². The number of nitrogens with zero attached hydrogens (tertiary/aromatic N) is 3. The van der Waals surface area contributed by atoms with Crippen LogP contribution in [0.2, 0.25) is 5.02 Å². The molecule has 8 nitrogen and oxygen atoms in total. The molecule has 10 heteroatoms. The smallest absolute Gasteiger partial charge is 0.271 e. The van der Waals surface area contributed by atoms with Crippen molar-refractivity contribution in [2.24, 2.45) is 0 Å². The fourth-order valence-corrected chi connectivity index (χ4v) is 3.79. The standard InChI is InChI=1S/C19H16ClN7OS/c1-10-6-7-13-14(8-10)29-19(24-13)25-16-15(21)17(23-9-22-16)26-27-18(28)11-4-2-3-5-12(11)20/h2-9H,21H2,1H3,(H,27,28)(H2,22,23,24,25,26). The number of rotatable bonds is 5. The molecule has 4 aromatic rings. The summed E-state index contributed by atoms with van der Waals surface area (Å²) in [6.45, 7) is 2.03. The highest BCUT2D eigenvalue weighted by molar-refractivity contribution is 7.22. The number of nitrogens with one attached hydrogen (secondary N) is 3. The maximum Gasteiger partial charge on any atom is 0.271 e. The zero-order chi connectivity index (χ0) is 20.4. The van der Waals surface area contributed by atoms with Gasteiger partial charge in [-0.25, -0.2) is 15.0 Å². The number of hydrogen-bond donors (Lipinski definition) is 4. The minimum atomic E-state index is -0.412. The number of hydrazine groups is 1. The van der Waals surface area contributed by atoms with E-state index in [0.717, 1.165) is 15.8 Å². The van der Waals surface area contributed by atoms with Crippen LogP contribution >= 0.6 is 22.9 Å². The van der Waals surface area contributed by atoms with Gasteiger partial charge < -0.3 is 11.1 Å². The zero-order valence-electron chi connectivity index (χ0n) is 15.2. The van der Waals surface area contributed by atoms with Crippen molar-refractivity contribution in [1.82, 2.24) is 20.4 Å². The van der Waals surface area contributed by atoms with Gasteiger partial charge in [0.05, 0.1) is 20.8 Å². The molecule has 0 saturated carbocycles. The Labute approximate surface area is 175 Å². The lowest BCUT2D eigenvalue weighted by molar-refractivity contribution is 0.0962. The van der Waals surface area contributed by atoms with Crippen LogP contribution in [0.4, 0.5) is 22.5 Å². The summed E-state index contributed by atoms with van der Waals surface area (Å²) in [5, 5.41) is 4.11. The number of aromatic nitrogens is 3. The Morgan fingerprint density at radius 3 is 2.76 bits per heavy atom. The molecule has 0 aliphatic heterocycles. The molecule has 146 valence electrons. The first-order valence-electron chi connectivity index (χ1n) is 8.57. The monoisotopic (exact) mass is 425 g/mol. The van der Waals surface area contributed by atoms with Gasteiger partial charge in [-0.3, -0.25) is 15.6 Å². The van der Waals surface area contributed by atoms with Gasteiger partial charge in [0, 0.05) is 0 Å². The van der Waals surface area contributed by atoms with Crippen molar-refractivity contribution in [3.05, 3.63) is 64.9 Å². The number of hydrogen-bond acceptors (Lipinski definition) is 8. The van der Waals surface area contributed by atoms with E-state index in [1.54, 1.807) is 24.3 Å². The van der Waals surface area contributed by atoms with E-state index in [-0.39, 0.29) is 11.5 Å². The van der Waals surface area contributed by atoms with Crippen molar-refractivity contribution in [1.29, 1.82) is 0 Å². The Balaban J connectivity index is 1.51. The van der Waals surface area contributed by atoms with Crippen LogP contribution in [0.25, 0.3) is 10.2 Å². The van der Waals surface area contributed by atoms with Gasteiger partial charge >= 0.3 is 0 Å². The Morgan fingerprint density at radius 2 is 1.93 bits per heavy atom. The number of nitrogens with two attached hydrogens (primary N) is 1. The summed E-state index contributed by atoms with van der Waals surface area (Å²) in [5.41, 5.74) is 14.0. The summed E-state index contributed by atoms with van der Waals surface area (Å²) < 4.78 is 1.06. The third-order valence-electron chi connectivity index (χ3n) is 4.07. The average molecular weight is 426 g/mol.